The Hall–Kier alpha value is -2.60. The highest BCUT2D eigenvalue weighted by atomic mass is 32.1. The molecular weight excluding hydrogens is 328 g/mol. The minimum absolute atomic E-state index is 0.154. The quantitative estimate of drug-likeness (QED) is 0.612. The van der Waals surface area contributed by atoms with Crippen LogP contribution in [0.2, 0.25) is 0 Å². The van der Waals surface area contributed by atoms with Crippen molar-refractivity contribution in [1.29, 1.82) is 0 Å². The Morgan fingerprint density at radius 3 is 2.88 bits per heavy atom. The van der Waals surface area contributed by atoms with E-state index in [4.69, 9.17) is 14.2 Å². The highest BCUT2D eigenvalue weighted by Gasteiger charge is 2.30. The Morgan fingerprint density at radius 1 is 1.33 bits per heavy atom. The fraction of sp³-hybridized carbons (Fsp3) is 0.222. The van der Waals surface area contributed by atoms with E-state index in [1.807, 2.05) is 17.5 Å². The maximum absolute atomic E-state index is 12.4. The van der Waals surface area contributed by atoms with Crippen molar-refractivity contribution < 1.29 is 23.8 Å². The summed E-state index contributed by atoms with van der Waals surface area (Å²) in [5, 5.41) is 1.94. The summed E-state index contributed by atoms with van der Waals surface area (Å²) in [7, 11) is 0. The van der Waals surface area contributed by atoms with Crippen molar-refractivity contribution in [3.05, 3.63) is 51.4 Å². The average Bonchev–Trinajstić information content (AvgIpc) is 3.17. The Morgan fingerprint density at radius 2 is 2.17 bits per heavy atom. The minimum Gasteiger partial charge on any atom is -0.481 e. The molecular formula is C18H16O5S. The number of hydrogen-bond donors (Lipinski definition) is 0. The second-order valence-corrected chi connectivity index (χ2v) is 6.09. The first-order valence-electron chi connectivity index (χ1n) is 7.50. The number of ether oxygens (including phenoxy) is 3. The van der Waals surface area contributed by atoms with Crippen molar-refractivity contribution in [2.24, 2.45) is 0 Å². The fourth-order valence-corrected chi connectivity index (χ4v) is 3.01. The molecule has 3 rings (SSSR count). The first kappa shape index (κ1) is 16.3. The zero-order valence-electron chi connectivity index (χ0n) is 13.3. The van der Waals surface area contributed by atoms with E-state index in [1.54, 1.807) is 32.1 Å². The summed E-state index contributed by atoms with van der Waals surface area (Å²) < 4.78 is 16.0. The lowest BCUT2D eigenvalue weighted by atomic mass is 10.1. The van der Waals surface area contributed by atoms with Gasteiger partial charge in [-0.2, -0.15) is 0 Å². The van der Waals surface area contributed by atoms with Gasteiger partial charge in [-0.05, 0) is 37.4 Å². The molecule has 5 nitrogen and oxygen atoms in total. The van der Waals surface area contributed by atoms with Crippen molar-refractivity contribution in [2.75, 3.05) is 13.2 Å². The molecule has 0 bridgehead atoms. The van der Waals surface area contributed by atoms with E-state index in [2.05, 4.69) is 0 Å². The molecule has 0 atom stereocenters. The van der Waals surface area contributed by atoms with E-state index in [-0.39, 0.29) is 18.1 Å². The highest BCUT2D eigenvalue weighted by Crippen LogP contribution is 2.39. The molecule has 0 amide bonds. The van der Waals surface area contributed by atoms with Gasteiger partial charge in [-0.15, -0.1) is 11.3 Å². The van der Waals surface area contributed by atoms with Crippen LogP contribution in [0.4, 0.5) is 0 Å². The molecule has 0 saturated heterocycles. The lowest BCUT2D eigenvalue weighted by Gasteiger charge is -2.10. The summed E-state index contributed by atoms with van der Waals surface area (Å²) >= 11 is 1.53. The van der Waals surface area contributed by atoms with Crippen LogP contribution in [0, 0.1) is 6.92 Å². The summed E-state index contributed by atoms with van der Waals surface area (Å²) in [6.45, 7) is 3.65. The Kier molecular flexibility index (Phi) is 4.66. The van der Waals surface area contributed by atoms with Crippen LogP contribution in [0.1, 0.15) is 27.7 Å². The van der Waals surface area contributed by atoms with Crippen LogP contribution >= 0.6 is 11.3 Å². The van der Waals surface area contributed by atoms with Gasteiger partial charge in [-0.3, -0.25) is 4.79 Å². The predicted molar refractivity (Wildman–Crippen MR) is 90.6 cm³/mol. The largest absolute Gasteiger partial charge is 0.481 e. The number of benzene rings is 1. The minimum atomic E-state index is -0.437. The van der Waals surface area contributed by atoms with Crippen LogP contribution in [0.25, 0.3) is 6.08 Å². The number of fused-ring (bicyclic) bond motifs is 1. The Balaban J connectivity index is 1.82. The molecule has 1 aromatic carbocycles. The van der Waals surface area contributed by atoms with Gasteiger partial charge in [-0.25, -0.2) is 4.79 Å². The molecule has 0 unspecified atom stereocenters. The van der Waals surface area contributed by atoms with Crippen molar-refractivity contribution >= 4 is 29.2 Å². The third kappa shape index (κ3) is 3.19. The van der Waals surface area contributed by atoms with Gasteiger partial charge in [0, 0.05) is 16.5 Å². The second kappa shape index (κ2) is 6.88. The molecule has 6 heteroatoms. The zero-order valence-corrected chi connectivity index (χ0v) is 14.1. The summed E-state index contributed by atoms with van der Waals surface area (Å²) in [5.74, 6) is 0.667. The highest BCUT2D eigenvalue weighted by molar-refractivity contribution is 7.10. The first-order chi connectivity index (χ1) is 11.6. The monoisotopic (exact) mass is 344 g/mol. The first-order valence-corrected chi connectivity index (χ1v) is 8.38. The third-order valence-electron chi connectivity index (χ3n) is 3.50. The number of rotatable bonds is 5. The average molecular weight is 344 g/mol. The SMILES string of the molecule is CCOC(=O)COc1ccc2c(c1C)O/C(=C\c1cccs1)C2=O. The molecule has 0 fully saturated rings. The van der Waals surface area contributed by atoms with Crippen LogP contribution in [-0.4, -0.2) is 25.0 Å². The van der Waals surface area contributed by atoms with Gasteiger partial charge in [0.2, 0.25) is 5.78 Å². The fourth-order valence-electron chi connectivity index (χ4n) is 2.37. The van der Waals surface area contributed by atoms with Crippen LogP contribution in [0.15, 0.2) is 35.4 Å². The van der Waals surface area contributed by atoms with Gasteiger partial charge in [0.05, 0.1) is 12.2 Å². The Bertz CT molecular complexity index is 805. The normalized spacial score (nSPS) is 14.4. The molecule has 0 radical (unpaired) electrons. The maximum atomic E-state index is 12.4. The van der Waals surface area contributed by atoms with E-state index in [0.29, 0.717) is 29.2 Å². The molecule has 1 aromatic heterocycles. The lowest BCUT2D eigenvalue weighted by molar-refractivity contribution is -0.145. The third-order valence-corrected chi connectivity index (χ3v) is 4.32. The number of carbonyl (C=O) groups is 2. The van der Waals surface area contributed by atoms with Gasteiger partial charge >= 0.3 is 5.97 Å². The van der Waals surface area contributed by atoms with E-state index < -0.39 is 5.97 Å². The van der Waals surface area contributed by atoms with E-state index in [0.717, 1.165) is 4.88 Å². The predicted octanol–water partition coefficient (Wildman–Crippen LogP) is 3.61. The topological polar surface area (TPSA) is 61.8 Å². The lowest BCUT2D eigenvalue weighted by Crippen LogP contribution is -2.15. The molecule has 1 aliphatic heterocycles. The van der Waals surface area contributed by atoms with Crippen molar-refractivity contribution in [3.63, 3.8) is 0 Å². The smallest absolute Gasteiger partial charge is 0.344 e. The van der Waals surface area contributed by atoms with Crippen LogP contribution < -0.4 is 9.47 Å². The molecule has 2 heterocycles. The van der Waals surface area contributed by atoms with Crippen molar-refractivity contribution in [3.8, 4) is 11.5 Å². The van der Waals surface area contributed by atoms with Crippen LogP contribution in [0.5, 0.6) is 11.5 Å². The number of Topliss-reactive ketones (excluding diaryl/α,β-unsaturated/α-hetero) is 1. The summed E-state index contributed by atoms with van der Waals surface area (Å²) in [5.41, 5.74) is 1.18. The summed E-state index contributed by atoms with van der Waals surface area (Å²) in [6.07, 6.45) is 1.73. The summed E-state index contributed by atoms with van der Waals surface area (Å²) in [4.78, 5) is 24.8. The van der Waals surface area contributed by atoms with E-state index >= 15 is 0 Å². The standard InChI is InChI=1S/C18H16O5S/c1-3-21-16(19)10-22-14-7-6-13-17(20)15(23-18(13)11(14)2)9-12-5-4-8-24-12/h4-9H,3,10H2,1-2H3/b15-9-. The molecule has 2 aromatic rings. The number of carbonyl (C=O) groups excluding carboxylic acids is 2. The number of hydrogen-bond acceptors (Lipinski definition) is 6. The molecule has 0 saturated carbocycles. The van der Waals surface area contributed by atoms with Crippen molar-refractivity contribution in [2.45, 2.75) is 13.8 Å². The van der Waals surface area contributed by atoms with Gasteiger partial charge in [-0.1, -0.05) is 6.07 Å². The number of allylic oxidation sites excluding steroid dienone is 1. The number of thiophene rings is 1. The van der Waals surface area contributed by atoms with Crippen LogP contribution in [0.3, 0.4) is 0 Å². The van der Waals surface area contributed by atoms with Gasteiger partial charge in [0.1, 0.15) is 11.5 Å². The van der Waals surface area contributed by atoms with Gasteiger partial charge < -0.3 is 14.2 Å². The number of ketones is 1. The zero-order chi connectivity index (χ0) is 17.1. The van der Waals surface area contributed by atoms with E-state index in [1.165, 1.54) is 11.3 Å². The molecule has 1 aliphatic rings. The molecule has 0 N–H and O–H groups in total. The maximum Gasteiger partial charge on any atom is 0.344 e. The molecule has 24 heavy (non-hydrogen) atoms. The van der Waals surface area contributed by atoms with Crippen molar-refractivity contribution in [1.82, 2.24) is 0 Å². The van der Waals surface area contributed by atoms with E-state index in [9.17, 15) is 9.59 Å². The molecule has 124 valence electrons. The summed E-state index contributed by atoms with van der Waals surface area (Å²) in [6, 6.07) is 7.15. The Labute approximate surface area is 143 Å². The second-order valence-electron chi connectivity index (χ2n) is 5.11. The number of esters is 1. The van der Waals surface area contributed by atoms with Crippen LogP contribution in [-0.2, 0) is 9.53 Å². The van der Waals surface area contributed by atoms with Gasteiger partial charge in [0.15, 0.2) is 12.4 Å². The van der Waals surface area contributed by atoms with Gasteiger partial charge in [0.25, 0.3) is 0 Å². The molecule has 0 spiro atoms. The molecule has 0 aliphatic carbocycles.